The fourth-order valence-corrected chi connectivity index (χ4v) is 1.51. The van der Waals surface area contributed by atoms with E-state index in [2.05, 4.69) is 15.2 Å². The number of anilines is 1. The number of carbonyl (C=O) groups excluding carboxylic acids is 1. The molecule has 1 amide bonds. The van der Waals surface area contributed by atoms with Gasteiger partial charge < -0.3 is 10.1 Å². The van der Waals surface area contributed by atoms with Crippen molar-refractivity contribution in [1.82, 2.24) is 9.19 Å². The van der Waals surface area contributed by atoms with Crippen LogP contribution in [0.2, 0.25) is 0 Å². The van der Waals surface area contributed by atoms with Crippen LogP contribution in [0.15, 0.2) is 12.3 Å². The van der Waals surface area contributed by atoms with E-state index in [0.29, 0.717) is 4.09 Å². The average molecular weight is 253 g/mol. The van der Waals surface area contributed by atoms with Crippen molar-refractivity contribution < 1.29 is 22.5 Å². The second-order valence-corrected chi connectivity index (χ2v) is 3.86. The Morgan fingerprint density at radius 2 is 2.44 bits per heavy atom. The maximum atomic E-state index is 12.2. The molecule has 0 aliphatic carbocycles. The van der Waals surface area contributed by atoms with Gasteiger partial charge in [0.15, 0.2) is 0 Å². The number of aromatic nitrogens is 2. The van der Waals surface area contributed by atoms with E-state index in [9.17, 15) is 17.8 Å². The zero-order valence-electron chi connectivity index (χ0n) is 8.22. The SMILES string of the molecule is COCC(=O)Nc1ccnn1S(=O)C(F)F. The van der Waals surface area contributed by atoms with Crippen molar-refractivity contribution in [2.45, 2.75) is 5.76 Å². The van der Waals surface area contributed by atoms with Gasteiger partial charge in [0.2, 0.25) is 11.0 Å². The lowest BCUT2D eigenvalue weighted by molar-refractivity contribution is -0.119. The van der Waals surface area contributed by atoms with Crippen LogP contribution < -0.4 is 5.32 Å². The Hall–Kier alpha value is -1.35. The van der Waals surface area contributed by atoms with Crippen LogP contribution in [0.1, 0.15) is 0 Å². The van der Waals surface area contributed by atoms with E-state index in [1.165, 1.54) is 13.2 Å². The number of amides is 1. The van der Waals surface area contributed by atoms with Crippen molar-refractivity contribution in [1.29, 1.82) is 0 Å². The number of ether oxygens (including phenoxy) is 1. The van der Waals surface area contributed by atoms with Gasteiger partial charge in [0.05, 0.1) is 6.20 Å². The fraction of sp³-hybridized carbons (Fsp3) is 0.429. The monoisotopic (exact) mass is 253 g/mol. The van der Waals surface area contributed by atoms with Crippen molar-refractivity contribution in [2.24, 2.45) is 0 Å². The van der Waals surface area contributed by atoms with Gasteiger partial charge in [-0.15, -0.1) is 0 Å². The van der Waals surface area contributed by atoms with Gasteiger partial charge in [-0.2, -0.15) is 18.0 Å². The van der Waals surface area contributed by atoms with Gasteiger partial charge in [-0.05, 0) is 0 Å². The Morgan fingerprint density at radius 1 is 1.75 bits per heavy atom. The lowest BCUT2D eigenvalue weighted by Gasteiger charge is -2.06. The maximum absolute atomic E-state index is 12.2. The molecule has 0 bridgehead atoms. The quantitative estimate of drug-likeness (QED) is 0.813. The molecule has 0 saturated heterocycles. The summed E-state index contributed by atoms with van der Waals surface area (Å²) in [4.78, 5) is 11.1. The highest BCUT2D eigenvalue weighted by molar-refractivity contribution is 7.83. The Kier molecular flexibility index (Phi) is 4.50. The van der Waals surface area contributed by atoms with E-state index in [4.69, 9.17) is 0 Å². The topological polar surface area (TPSA) is 73.2 Å². The van der Waals surface area contributed by atoms with E-state index in [-0.39, 0.29) is 12.4 Å². The summed E-state index contributed by atoms with van der Waals surface area (Å²) in [6, 6.07) is 1.26. The van der Waals surface area contributed by atoms with Gasteiger partial charge in [0, 0.05) is 13.2 Å². The molecule has 1 aromatic rings. The molecular formula is C7H9F2N3O3S. The minimum Gasteiger partial charge on any atom is -0.375 e. The first kappa shape index (κ1) is 12.7. The van der Waals surface area contributed by atoms with E-state index in [1.807, 2.05) is 0 Å². The Balaban J connectivity index is 2.78. The molecule has 1 N–H and O–H groups in total. The molecule has 90 valence electrons. The highest BCUT2D eigenvalue weighted by atomic mass is 32.2. The van der Waals surface area contributed by atoms with Crippen LogP contribution in [0.4, 0.5) is 14.6 Å². The standard InChI is InChI=1S/C7H9F2N3O3S/c1-15-4-6(13)11-5-2-3-10-12(5)16(14)7(8)9/h2-3,7H,4H2,1H3,(H,11,13). The zero-order chi connectivity index (χ0) is 12.1. The van der Waals surface area contributed by atoms with Crippen molar-refractivity contribution in [3.63, 3.8) is 0 Å². The van der Waals surface area contributed by atoms with Gasteiger partial charge in [-0.1, -0.05) is 0 Å². The summed E-state index contributed by atoms with van der Waals surface area (Å²) in [6.07, 6.45) is 1.16. The number of hydrogen-bond acceptors (Lipinski definition) is 4. The smallest absolute Gasteiger partial charge is 0.332 e. The Bertz CT molecular complexity index is 396. The molecule has 0 saturated carbocycles. The molecule has 1 unspecified atom stereocenters. The first-order valence-electron chi connectivity index (χ1n) is 4.08. The molecule has 0 radical (unpaired) electrons. The van der Waals surface area contributed by atoms with Crippen molar-refractivity contribution in [3.05, 3.63) is 12.3 Å². The Morgan fingerprint density at radius 3 is 3.00 bits per heavy atom. The summed E-state index contributed by atoms with van der Waals surface area (Å²) in [5, 5.41) is 5.67. The van der Waals surface area contributed by atoms with Gasteiger partial charge in [0.25, 0.3) is 5.91 Å². The predicted molar refractivity (Wildman–Crippen MR) is 52.3 cm³/mol. The van der Waals surface area contributed by atoms with E-state index >= 15 is 0 Å². The van der Waals surface area contributed by atoms with Crippen LogP contribution in [0, 0.1) is 0 Å². The van der Waals surface area contributed by atoms with Gasteiger partial charge >= 0.3 is 5.76 Å². The minimum atomic E-state index is -3.07. The van der Waals surface area contributed by atoms with E-state index in [0.717, 1.165) is 6.20 Å². The second-order valence-electron chi connectivity index (χ2n) is 2.61. The molecule has 0 fully saturated rings. The molecule has 0 aliphatic heterocycles. The summed E-state index contributed by atoms with van der Waals surface area (Å²) in [5.74, 6) is -3.69. The average Bonchev–Trinajstić information content (AvgIpc) is 2.64. The summed E-state index contributed by atoms with van der Waals surface area (Å²) in [5.41, 5.74) is 0. The molecule has 6 nitrogen and oxygen atoms in total. The third-order valence-electron chi connectivity index (χ3n) is 1.48. The minimum absolute atomic E-state index is 0.0688. The zero-order valence-corrected chi connectivity index (χ0v) is 9.04. The van der Waals surface area contributed by atoms with Crippen LogP contribution in [0.3, 0.4) is 0 Å². The van der Waals surface area contributed by atoms with Gasteiger partial charge in [-0.3, -0.25) is 4.79 Å². The molecule has 1 atom stereocenters. The summed E-state index contributed by atoms with van der Waals surface area (Å²) >= 11 is 0. The number of nitrogens with one attached hydrogen (secondary N) is 1. The lowest BCUT2D eigenvalue weighted by Crippen LogP contribution is -2.22. The largest absolute Gasteiger partial charge is 0.375 e. The lowest BCUT2D eigenvalue weighted by atomic mass is 10.6. The van der Waals surface area contributed by atoms with Crippen molar-refractivity contribution in [2.75, 3.05) is 19.0 Å². The van der Waals surface area contributed by atoms with E-state index < -0.39 is 22.7 Å². The number of hydrogen-bond donors (Lipinski definition) is 1. The molecule has 0 aromatic carbocycles. The molecule has 0 aliphatic rings. The third kappa shape index (κ3) is 3.07. The fourth-order valence-electron chi connectivity index (χ4n) is 0.909. The first-order valence-corrected chi connectivity index (χ1v) is 5.25. The molecule has 16 heavy (non-hydrogen) atoms. The number of halogens is 2. The highest BCUT2D eigenvalue weighted by Crippen LogP contribution is 2.11. The second kappa shape index (κ2) is 5.66. The predicted octanol–water partition coefficient (Wildman–Crippen LogP) is 0.202. The molecule has 9 heteroatoms. The van der Waals surface area contributed by atoms with Crippen LogP contribution in [-0.2, 0) is 20.5 Å². The van der Waals surface area contributed by atoms with Crippen molar-refractivity contribution >= 4 is 22.7 Å². The number of alkyl halides is 2. The number of methoxy groups -OCH3 is 1. The molecule has 0 spiro atoms. The molecule has 1 rings (SSSR count). The van der Waals surface area contributed by atoms with Crippen LogP contribution in [0.5, 0.6) is 0 Å². The maximum Gasteiger partial charge on any atom is 0.332 e. The van der Waals surface area contributed by atoms with Gasteiger partial charge in [0.1, 0.15) is 12.4 Å². The number of nitrogens with zero attached hydrogens (tertiary/aromatic N) is 2. The summed E-state index contributed by atoms with van der Waals surface area (Å²) in [7, 11) is -1.31. The van der Waals surface area contributed by atoms with Gasteiger partial charge in [-0.25, -0.2) is 4.21 Å². The Labute approximate surface area is 92.2 Å². The van der Waals surface area contributed by atoms with Crippen LogP contribution in [-0.4, -0.2) is 38.8 Å². The normalized spacial score (nSPS) is 12.8. The van der Waals surface area contributed by atoms with Crippen LogP contribution >= 0.6 is 0 Å². The molecule has 1 heterocycles. The van der Waals surface area contributed by atoms with Crippen molar-refractivity contribution in [3.8, 4) is 0 Å². The molecule has 1 aromatic heterocycles. The number of carbonyl (C=O) groups is 1. The highest BCUT2D eigenvalue weighted by Gasteiger charge is 2.19. The first-order chi connectivity index (χ1) is 7.56. The van der Waals surface area contributed by atoms with E-state index in [1.54, 1.807) is 0 Å². The molecular weight excluding hydrogens is 244 g/mol. The third-order valence-corrected chi connectivity index (χ3v) is 2.41. The van der Waals surface area contributed by atoms with Crippen LogP contribution in [0.25, 0.3) is 0 Å². The number of rotatable bonds is 5. The summed E-state index contributed by atoms with van der Waals surface area (Å²) in [6.45, 7) is -0.230. The summed E-state index contributed by atoms with van der Waals surface area (Å²) < 4.78 is 40.4.